The number of fused-ring (bicyclic) bond motifs is 3. The van der Waals surface area contributed by atoms with E-state index in [1.165, 1.54) is 21.1 Å². The molecule has 0 saturated carbocycles. The summed E-state index contributed by atoms with van der Waals surface area (Å²) in [7, 11) is 4.23. The second kappa shape index (κ2) is 7.42. The molecule has 0 aliphatic carbocycles. The molecule has 0 spiro atoms. The van der Waals surface area contributed by atoms with Gasteiger partial charge >= 0.3 is 0 Å². The molecule has 3 aliphatic heterocycles. The Morgan fingerprint density at radius 2 is 2.38 bits per heavy atom. The molecule has 2 bridgehead atoms. The molecule has 2 aromatic rings. The van der Waals surface area contributed by atoms with E-state index < -0.39 is 0 Å². The lowest BCUT2D eigenvalue weighted by Gasteiger charge is -2.46. The standard InChI is InChI=1S/C17H25N7OS/c1-22(2)8-13-9-24(21-20-13)10-14-7-12-3-5-23(14)11-15(12)16(25)19-17-18-4-6-26-17/h4,6,9,12,14-15H,3,5,7-8,10-11H2,1-2H3,(H,18,19,25)/p+2/t12-,14+,15-/m0/s1. The monoisotopic (exact) mass is 377 g/mol. The Hall–Kier alpha value is -1.84. The van der Waals surface area contributed by atoms with E-state index in [-0.39, 0.29) is 11.8 Å². The number of carbonyl (C=O) groups is 1. The first-order valence-electron chi connectivity index (χ1n) is 9.31. The lowest BCUT2D eigenvalue weighted by molar-refractivity contribution is -0.945. The summed E-state index contributed by atoms with van der Waals surface area (Å²) in [6.45, 7) is 3.85. The molecule has 5 heterocycles. The minimum atomic E-state index is 0.0996. The maximum Gasteiger partial charge on any atom is 0.235 e. The number of hydrogen-bond acceptors (Lipinski definition) is 5. The number of amides is 1. The maximum absolute atomic E-state index is 12.6. The molecule has 3 saturated heterocycles. The molecule has 1 unspecified atom stereocenters. The lowest BCUT2D eigenvalue weighted by atomic mass is 9.75. The Labute approximate surface area is 157 Å². The predicted molar refractivity (Wildman–Crippen MR) is 98.0 cm³/mol. The lowest BCUT2D eigenvalue weighted by Crippen LogP contribution is -3.20. The van der Waals surface area contributed by atoms with E-state index in [0.717, 1.165) is 44.7 Å². The number of nitrogens with one attached hydrogen (secondary N) is 3. The van der Waals surface area contributed by atoms with E-state index in [1.807, 2.05) is 10.1 Å². The SMILES string of the molecule is C[NH+](C)Cc1cn(C[C@H]2C[C@@H]3CC[NH+]2C[C@@H]3C(=O)Nc2nccs2)nn1. The van der Waals surface area contributed by atoms with Crippen LogP contribution in [0.5, 0.6) is 0 Å². The number of anilines is 1. The van der Waals surface area contributed by atoms with Gasteiger partial charge in [0.15, 0.2) is 5.13 Å². The molecule has 3 fully saturated rings. The van der Waals surface area contributed by atoms with Crippen LogP contribution in [0.1, 0.15) is 18.5 Å². The molecular weight excluding hydrogens is 350 g/mol. The molecule has 3 N–H and O–H groups in total. The van der Waals surface area contributed by atoms with Crippen LogP contribution >= 0.6 is 11.3 Å². The van der Waals surface area contributed by atoms with Crippen molar-refractivity contribution < 1.29 is 14.6 Å². The molecule has 1 amide bonds. The van der Waals surface area contributed by atoms with Crippen molar-refractivity contribution in [3.05, 3.63) is 23.5 Å². The summed E-state index contributed by atoms with van der Waals surface area (Å²) in [5.74, 6) is 0.701. The number of carbonyl (C=O) groups excluding carboxylic acids is 1. The number of quaternary nitrogens is 2. The minimum absolute atomic E-state index is 0.0996. The van der Waals surface area contributed by atoms with Gasteiger partial charge in [-0.3, -0.25) is 4.79 Å². The van der Waals surface area contributed by atoms with Crippen molar-refractivity contribution in [2.45, 2.75) is 32.0 Å². The van der Waals surface area contributed by atoms with Crippen LogP contribution in [0.15, 0.2) is 17.8 Å². The fraction of sp³-hybridized carbons (Fsp3) is 0.647. The zero-order valence-electron chi connectivity index (χ0n) is 15.3. The Bertz CT molecular complexity index is 744. The Morgan fingerprint density at radius 1 is 1.50 bits per heavy atom. The van der Waals surface area contributed by atoms with Gasteiger partial charge in [-0.1, -0.05) is 5.21 Å². The van der Waals surface area contributed by atoms with Crippen LogP contribution in [-0.4, -0.2) is 59.1 Å². The fourth-order valence-corrected chi connectivity index (χ4v) is 4.93. The normalized spacial score (nSPS) is 27.8. The van der Waals surface area contributed by atoms with Gasteiger partial charge in [0.2, 0.25) is 5.91 Å². The second-order valence-electron chi connectivity index (χ2n) is 7.84. The Kier molecular flexibility index (Phi) is 5.01. The molecule has 3 aliphatic rings. The third-order valence-corrected chi connectivity index (χ3v) is 6.27. The van der Waals surface area contributed by atoms with Crippen LogP contribution in [-0.2, 0) is 17.9 Å². The van der Waals surface area contributed by atoms with Gasteiger partial charge in [-0.15, -0.1) is 16.4 Å². The van der Waals surface area contributed by atoms with Gasteiger partial charge in [-0.05, 0) is 5.92 Å². The van der Waals surface area contributed by atoms with E-state index in [4.69, 9.17) is 0 Å². The summed E-state index contributed by atoms with van der Waals surface area (Å²) in [6, 6.07) is 0.527. The average Bonchev–Trinajstić information content (AvgIpc) is 3.27. The Balaban J connectivity index is 1.36. The van der Waals surface area contributed by atoms with Crippen molar-refractivity contribution in [3.63, 3.8) is 0 Å². The van der Waals surface area contributed by atoms with Crippen molar-refractivity contribution in [1.29, 1.82) is 0 Å². The summed E-state index contributed by atoms with van der Waals surface area (Å²) in [5.41, 5.74) is 1.04. The van der Waals surface area contributed by atoms with Gasteiger partial charge in [-0.2, -0.15) is 0 Å². The van der Waals surface area contributed by atoms with Crippen LogP contribution in [0.2, 0.25) is 0 Å². The van der Waals surface area contributed by atoms with Gasteiger partial charge in [-0.25, -0.2) is 9.67 Å². The smallest absolute Gasteiger partial charge is 0.235 e. The molecule has 26 heavy (non-hydrogen) atoms. The summed E-state index contributed by atoms with van der Waals surface area (Å²) >= 11 is 1.47. The third kappa shape index (κ3) is 3.79. The van der Waals surface area contributed by atoms with E-state index in [0.29, 0.717) is 17.1 Å². The largest absolute Gasteiger partial charge is 0.335 e. The molecular formula is C17H27N7OS+2. The number of rotatable bonds is 6. The minimum Gasteiger partial charge on any atom is -0.335 e. The van der Waals surface area contributed by atoms with Crippen LogP contribution in [0.25, 0.3) is 0 Å². The molecule has 4 atom stereocenters. The van der Waals surface area contributed by atoms with Gasteiger partial charge in [0.25, 0.3) is 0 Å². The number of piperidine rings is 3. The van der Waals surface area contributed by atoms with Crippen LogP contribution in [0.4, 0.5) is 5.13 Å². The molecule has 140 valence electrons. The first-order chi connectivity index (χ1) is 12.6. The topological polar surface area (TPSA) is 81.6 Å². The van der Waals surface area contributed by atoms with Crippen molar-refractivity contribution in [2.24, 2.45) is 11.8 Å². The van der Waals surface area contributed by atoms with Crippen LogP contribution in [0.3, 0.4) is 0 Å². The summed E-state index contributed by atoms with van der Waals surface area (Å²) in [6.07, 6.45) is 6.01. The van der Waals surface area contributed by atoms with Crippen molar-refractivity contribution in [3.8, 4) is 0 Å². The van der Waals surface area contributed by atoms with Crippen LogP contribution < -0.4 is 15.1 Å². The van der Waals surface area contributed by atoms with E-state index in [9.17, 15) is 4.79 Å². The summed E-state index contributed by atoms with van der Waals surface area (Å²) in [5, 5.41) is 14.2. The first kappa shape index (κ1) is 17.6. The fourth-order valence-electron chi connectivity index (χ4n) is 4.40. The van der Waals surface area contributed by atoms with Gasteiger partial charge < -0.3 is 15.1 Å². The highest BCUT2D eigenvalue weighted by atomic mass is 32.1. The highest BCUT2D eigenvalue weighted by Gasteiger charge is 2.46. The van der Waals surface area contributed by atoms with E-state index >= 15 is 0 Å². The highest BCUT2D eigenvalue weighted by molar-refractivity contribution is 7.13. The maximum atomic E-state index is 12.6. The molecule has 9 heteroatoms. The Morgan fingerprint density at radius 3 is 3.08 bits per heavy atom. The quantitative estimate of drug-likeness (QED) is 0.561. The zero-order chi connectivity index (χ0) is 18.1. The van der Waals surface area contributed by atoms with Crippen molar-refractivity contribution in [1.82, 2.24) is 20.0 Å². The van der Waals surface area contributed by atoms with Gasteiger partial charge in [0.1, 0.15) is 18.3 Å². The zero-order valence-corrected chi connectivity index (χ0v) is 16.1. The average molecular weight is 378 g/mol. The highest BCUT2D eigenvalue weighted by Crippen LogP contribution is 2.28. The second-order valence-corrected chi connectivity index (χ2v) is 8.74. The van der Waals surface area contributed by atoms with E-state index in [1.54, 1.807) is 6.20 Å². The van der Waals surface area contributed by atoms with E-state index in [2.05, 4.69) is 40.9 Å². The molecule has 0 aromatic carbocycles. The molecule has 0 radical (unpaired) electrons. The van der Waals surface area contributed by atoms with Crippen LogP contribution in [0, 0.1) is 11.8 Å². The van der Waals surface area contributed by atoms with Gasteiger partial charge in [0, 0.05) is 24.4 Å². The first-order valence-corrected chi connectivity index (χ1v) is 10.2. The summed E-state index contributed by atoms with van der Waals surface area (Å²) in [4.78, 5) is 19.7. The number of thiazole rings is 1. The predicted octanol–water partition coefficient (Wildman–Crippen LogP) is -1.69. The number of aromatic nitrogens is 4. The number of hydrogen-bond donors (Lipinski definition) is 3. The molecule has 8 nitrogen and oxygen atoms in total. The third-order valence-electron chi connectivity index (χ3n) is 5.58. The van der Waals surface area contributed by atoms with Crippen molar-refractivity contribution in [2.75, 3.05) is 32.5 Å². The van der Waals surface area contributed by atoms with Crippen molar-refractivity contribution >= 4 is 22.4 Å². The molecule has 5 rings (SSSR count). The molecule has 2 aromatic heterocycles. The van der Waals surface area contributed by atoms with Gasteiger partial charge in [0.05, 0.1) is 45.8 Å². The summed E-state index contributed by atoms with van der Waals surface area (Å²) < 4.78 is 1.99. The number of nitrogens with zero attached hydrogens (tertiary/aromatic N) is 4.